The van der Waals surface area contributed by atoms with Crippen LogP contribution in [-0.2, 0) is 5.60 Å². The van der Waals surface area contributed by atoms with Gasteiger partial charge in [-0.1, -0.05) is 18.6 Å². The fraction of sp³-hybridized carbons (Fsp3) is 0.538. The first kappa shape index (κ1) is 13.0. The maximum atomic E-state index is 10.6. The number of hydrogen-bond donors (Lipinski definition) is 2. The fourth-order valence-electron chi connectivity index (χ4n) is 1.89. The number of hydrogen-bond acceptors (Lipinski definition) is 3. The standard InChI is InChI=1S/C13H21NO2/c1-5-13(15,9-14-3)11-8-10(2)6-7-12(11)16-4/h6-8,14-15H,5,9H2,1-4H3. The monoisotopic (exact) mass is 223 g/mol. The SMILES string of the molecule is CCC(O)(CNC)c1cc(C)ccc1OC. The molecule has 0 aromatic heterocycles. The van der Waals surface area contributed by atoms with Gasteiger partial charge >= 0.3 is 0 Å². The zero-order valence-corrected chi connectivity index (χ0v) is 10.5. The lowest BCUT2D eigenvalue weighted by molar-refractivity contribution is 0.0322. The Hall–Kier alpha value is -1.06. The van der Waals surface area contributed by atoms with E-state index in [1.807, 2.05) is 39.1 Å². The molecule has 1 aromatic carbocycles. The fourth-order valence-corrected chi connectivity index (χ4v) is 1.89. The van der Waals surface area contributed by atoms with Gasteiger partial charge in [-0.15, -0.1) is 0 Å². The van der Waals surface area contributed by atoms with Gasteiger partial charge in [-0.3, -0.25) is 0 Å². The lowest BCUT2D eigenvalue weighted by atomic mass is 9.89. The average molecular weight is 223 g/mol. The van der Waals surface area contributed by atoms with Crippen LogP contribution in [0, 0.1) is 6.92 Å². The number of aliphatic hydroxyl groups is 1. The third kappa shape index (κ3) is 2.54. The summed E-state index contributed by atoms with van der Waals surface area (Å²) < 4.78 is 5.31. The topological polar surface area (TPSA) is 41.5 Å². The molecule has 2 N–H and O–H groups in total. The molecule has 1 unspecified atom stereocenters. The molecule has 0 saturated carbocycles. The number of likely N-dealkylation sites (N-methyl/N-ethyl adjacent to an activating group) is 1. The Balaban J connectivity index is 3.21. The lowest BCUT2D eigenvalue weighted by Gasteiger charge is -2.29. The van der Waals surface area contributed by atoms with E-state index in [1.165, 1.54) is 0 Å². The molecule has 1 rings (SSSR count). The molecule has 16 heavy (non-hydrogen) atoms. The van der Waals surface area contributed by atoms with Gasteiger partial charge in [0.15, 0.2) is 0 Å². The first-order valence-corrected chi connectivity index (χ1v) is 5.59. The maximum absolute atomic E-state index is 10.6. The second kappa shape index (κ2) is 5.32. The van der Waals surface area contributed by atoms with Gasteiger partial charge in [-0.25, -0.2) is 0 Å². The minimum atomic E-state index is -0.869. The van der Waals surface area contributed by atoms with Crippen molar-refractivity contribution in [3.63, 3.8) is 0 Å². The Morgan fingerprint density at radius 2 is 2.12 bits per heavy atom. The van der Waals surface area contributed by atoms with E-state index >= 15 is 0 Å². The zero-order valence-electron chi connectivity index (χ0n) is 10.5. The van der Waals surface area contributed by atoms with Crippen LogP contribution in [0.25, 0.3) is 0 Å². The number of rotatable bonds is 5. The van der Waals surface area contributed by atoms with E-state index in [4.69, 9.17) is 4.74 Å². The molecule has 0 aliphatic rings. The van der Waals surface area contributed by atoms with E-state index in [0.717, 1.165) is 16.9 Å². The number of benzene rings is 1. The molecule has 0 heterocycles. The molecule has 1 aromatic rings. The van der Waals surface area contributed by atoms with Crippen LogP contribution >= 0.6 is 0 Å². The van der Waals surface area contributed by atoms with Gasteiger partial charge in [0.25, 0.3) is 0 Å². The molecule has 0 aliphatic carbocycles. The second-order valence-corrected chi connectivity index (χ2v) is 4.12. The number of nitrogens with one attached hydrogen (secondary N) is 1. The van der Waals surface area contributed by atoms with E-state index in [-0.39, 0.29) is 0 Å². The summed E-state index contributed by atoms with van der Waals surface area (Å²) in [6, 6.07) is 5.87. The van der Waals surface area contributed by atoms with Crippen molar-refractivity contribution in [2.24, 2.45) is 0 Å². The van der Waals surface area contributed by atoms with Gasteiger partial charge in [0, 0.05) is 12.1 Å². The van der Waals surface area contributed by atoms with Crippen LogP contribution in [0.15, 0.2) is 18.2 Å². The Morgan fingerprint density at radius 3 is 2.62 bits per heavy atom. The third-order valence-corrected chi connectivity index (χ3v) is 2.91. The molecule has 0 spiro atoms. The molecule has 1 atom stereocenters. The summed E-state index contributed by atoms with van der Waals surface area (Å²) in [5.41, 5.74) is 1.11. The van der Waals surface area contributed by atoms with Crippen LogP contribution in [0.1, 0.15) is 24.5 Å². The van der Waals surface area contributed by atoms with Crippen molar-refractivity contribution < 1.29 is 9.84 Å². The maximum Gasteiger partial charge on any atom is 0.125 e. The highest BCUT2D eigenvalue weighted by Gasteiger charge is 2.29. The number of aryl methyl sites for hydroxylation is 1. The van der Waals surface area contributed by atoms with Crippen molar-refractivity contribution in [1.29, 1.82) is 0 Å². The normalized spacial score (nSPS) is 14.6. The summed E-state index contributed by atoms with van der Waals surface area (Å²) >= 11 is 0. The van der Waals surface area contributed by atoms with Crippen LogP contribution in [0.3, 0.4) is 0 Å². The smallest absolute Gasteiger partial charge is 0.125 e. The first-order chi connectivity index (χ1) is 7.57. The molecule has 0 amide bonds. The highest BCUT2D eigenvalue weighted by atomic mass is 16.5. The predicted molar refractivity (Wildman–Crippen MR) is 65.8 cm³/mol. The average Bonchev–Trinajstić information content (AvgIpc) is 2.29. The summed E-state index contributed by atoms with van der Waals surface area (Å²) in [4.78, 5) is 0. The summed E-state index contributed by atoms with van der Waals surface area (Å²) in [5, 5.41) is 13.6. The molecule has 0 bridgehead atoms. The molecular formula is C13H21NO2. The second-order valence-electron chi connectivity index (χ2n) is 4.12. The molecule has 0 radical (unpaired) electrons. The van der Waals surface area contributed by atoms with Crippen LogP contribution in [0.5, 0.6) is 5.75 Å². The predicted octanol–water partition coefficient (Wildman–Crippen LogP) is 1.82. The Kier molecular flexibility index (Phi) is 4.33. The van der Waals surface area contributed by atoms with Crippen molar-refractivity contribution >= 4 is 0 Å². The van der Waals surface area contributed by atoms with Crippen molar-refractivity contribution in [1.82, 2.24) is 5.32 Å². The van der Waals surface area contributed by atoms with Crippen LogP contribution < -0.4 is 10.1 Å². The highest BCUT2D eigenvalue weighted by Crippen LogP contribution is 2.32. The molecular weight excluding hydrogens is 202 g/mol. The van der Waals surface area contributed by atoms with Crippen molar-refractivity contribution in [3.8, 4) is 5.75 Å². The summed E-state index contributed by atoms with van der Waals surface area (Å²) in [6.45, 7) is 4.50. The number of ether oxygens (including phenoxy) is 1. The van der Waals surface area contributed by atoms with E-state index in [1.54, 1.807) is 7.11 Å². The van der Waals surface area contributed by atoms with Gasteiger partial charge in [0.2, 0.25) is 0 Å². The molecule has 0 aliphatic heterocycles. The van der Waals surface area contributed by atoms with E-state index in [9.17, 15) is 5.11 Å². The van der Waals surface area contributed by atoms with E-state index in [2.05, 4.69) is 5.32 Å². The van der Waals surface area contributed by atoms with E-state index < -0.39 is 5.60 Å². The van der Waals surface area contributed by atoms with Gasteiger partial charge in [0.1, 0.15) is 11.4 Å². The van der Waals surface area contributed by atoms with Crippen molar-refractivity contribution in [2.75, 3.05) is 20.7 Å². The Morgan fingerprint density at radius 1 is 1.44 bits per heavy atom. The van der Waals surface area contributed by atoms with Gasteiger partial charge in [0.05, 0.1) is 7.11 Å². The molecule has 0 saturated heterocycles. The quantitative estimate of drug-likeness (QED) is 0.800. The molecule has 0 fully saturated rings. The molecule has 3 nitrogen and oxygen atoms in total. The van der Waals surface area contributed by atoms with Crippen LogP contribution in [-0.4, -0.2) is 25.8 Å². The number of methoxy groups -OCH3 is 1. The minimum Gasteiger partial charge on any atom is -0.496 e. The van der Waals surface area contributed by atoms with E-state index in [0.29, 0.717) is 13.0 Å². The molecule has 3 heteroatoms. The summed E-state index contributed by atoms with van der Waals surface area (Å²) in [5.74, 6) is 0.741. The zero-order chi connectivity index (χ0) is 12.2. The third-order valence-electron chi connectivity index (χ3n) is 2.91. The lowest BCUT2D eigenvalue weighted by Crippen LogP contribution is -2.36. The summed E-state index contributed by atoms with van der Waals surface area (Å²) in [6.07, 6.45) is 0.646. The highest BCUT2D eigenvalue weighted by molar-refractivity contribution is 5.41. The van der Waals surface area contributed by atoms with Gasteiger partial charge in [-0.2, -0.15) is 0 Å². The van der Waals surface area contributed by atoms with Crippen molar-refractivity contribution in [2.45, 2.75) is 25.9 Å². The van der Waals surface area contributed by atoms with Crippen molar-refractivity contribution in [3.05, 3.63) is 29.3 Å². The van der Waals surface area contributed by atoms with Gasteiger partial charge < -0.3 is 15.2 Å². The van der Waals surface area contributed by atoms with Crippen LogP contribution in [0.4, 0.5) is 0 Å². The molecule has 90 valence electrons. The Bertz CT molecular complexity index is 352. The Labute approximate surface area is 97.4 Å². The minimum absolute atomic E-state index is 0.517. The van der Waals surface area contributed by atoms with Crippen LogP contribution in [0.2, 0.25) is 0 Å². The van der Waals surface area contributed by atoms with Gasteiger partial charge in [-0.05, 0) is 32.5 Å². The first-order valence-electron chi connectivity index (χ1n) is 5.59. The largest absolute Gasteiger partial charge is 0.496 e. The summed E-state index contributed by atoms with van der Waals surface area (Å²) in [7, 11) is 3.46.